The van der Waals surface area contributed by atoms with Crippen LogP contribution in [-0.4, -0.2) is 91.4 Å². The van der Waals surface area contributed by atoms with Crippen LogP contribution in [0.5, 0.6) is 0 Å². The first-order chi connectivity index (χ1) is 14.0. The summed E-state index contributed by atoms with van der Waals surface area (Å²) < 4.78 is 0. The number of piperidine rings is 2. The minimum absolute atomic E-state index is 0.0468. The van der Waals surface area contributed by atoms with Gasteiger partial charge in [0.2, 0.25) is 5.91 Å². The standard InChI is InChI=1S/C23H36N4O2/c1-24(2)23(29)27-16-12-20(13-17-27)22(28)25(3)21-10-7-14-26(18-21)15-11-19-8-5-4-6-9-19/h4-6,8-9,20-21H,7,10-18H2,1-3H3. The minimum Gasteiger partial charge on any atom is -0.341 e. The van der Waals surface area contributed by atoms with Crippen molar-refractivity contribution < 1.29 is 9.59 Å². The number of amides is 3. The Kier molecular flexibility index (Phi) is 7.53. The van der Waals surface area contributed by atoms with Gasteiger partial charge in [0.15, 0.2) is 0 Å². The van der Waals surface area contributed by atoms with Gasteiger partial charge in [-0.25, -0.2) is 4.79 Å². The Balaban J connectivity index is 1.47. The van der Waals surface area contributed by atoms with Crippen LogP contribution in [0, 0.1) is 5.92 Å². The second-order valence-electron chi connectivity index (χ2n) is 8.72. The Morgan fingerprint density at radius 2 is 1.69 bits per heavy atom. The summed E-state index contributed by atoms with van der Waals surface area (Å²) in [5, 5.41) is 0. The molecule has 0 N–H and O–H groups in total. The van der Waals surface area contributed by atoms with Crippen molar-refractivity contribution in [2.45, 2.75) is 38.1 Å². The van der Waals surface area contributed by atoms with Crippen molar-refractivity contribution in [1.29, 1.82) is 0 Å². The topological polar surface area (TPSA) is 47.1 Å². The quantitative estimate of drug-likeness (QED) is 0.763. The largest absolute Gasteiger partial charge is 0.341 e. The zero-order valence-corrected chi connectivity index (χ0v) is 18.2. The molecule has 160 valence electrons. The van der Waals surface area contributed by atoms with Gasteiger partial charge < -0.3 is 19.6 Å². The third-order valence-corrected chi connectivity index (χ3v) is 6.43. The highest BCUT2D eigenvalue weighted by molar-refractivity contribution is 5.80. The minimum atomic E-state index is 0.0468. The normalized spacial score (nSPS) is 21.1. The van der Waals surface area contributed by atoms with Crippen LogP contribution >= 0.6 is 0 Å². The van der Waals surface area contributed by atoms with Crippen molar-refractivity contribution in [1.82, 2.24) is 19.6 Å². The summed E-state index contributed by atoms with van der Waals surface area (Å²) in [5.74, 6) is 0.308. The number of hydrogen-bond acceptors (Lipinski definition) is 3. The van der Waals surface area contributed by atoms with Gasteiger partial charge in [-0.1, -0.05) is 30.3 Å². The van der Waals surface area contributed by atoms with E-state index in [1.165, 1.54) is 5.56 Å². The lowest BCUT2D eigenvalue weighted by Crippen LogP contribution is -2.52. The lowest BCUT2D eigenvalue weighted by atomic mass is 9.94. The molecule has 1 atom stereocenters. The summed E-state index contributed by atoms with van der Waals surface area (Å²) in [6.07, 6.45) is 4.83. The van der Waals surface area contributed by atoms with Crippen molar-refractivity contribution in [3.05, 3.63) is 35.9 Å². The average molecular weight is 401 g/mol. The molecule has 2 fully saturated rings. The molecule has 0 spiro atoms. The Morgan fingerprint density at radius 3 is 2.34 bits per heavy atom. The smallest absolute Gasteiger partial charge is 0.319 e. The molecule has 1 aromatic carbocycles. The number of hydrogen-bond donors (Lipinski definition) is 0. The number of urea groups is 1. The van der Waals surface area contributed by atoms with Crippen molar-refractivity contribution in [3.8, 4) is 0 Å². The highest BCUT2D eigenvalue weighted by atomic mass is 16.2. The van der Waals surface area contributed by atoms with Gasteiger partial charge in [-0.3, -0.25) is 4.79 Å². The Morgan fingerprint density at radius 1 is 1.00 bits per heavy atom. The van der Waals surface area contributed by atoms with Crippen molar-refractivity contribution >= 4 is 11.9 Å². The molecule has 29 heavy (non-hydrogen) atoms. The number of likely N-dealkylation sites (tertiary alicyclic amines) is 2. The van der Waals surface area contributed by atoms with E-state index in [4.69, 9.17) is 0 Å². The van der Waals surface area contributed by atoms with E-state index in [1.807, 2.05) is 16.8 Å². The van der Waals surface area contributed by atoms with E-state index < -0.39 is 0 Å². The second-order valence-corrected chi connectivity index (χ2v) is 8.72. The molecule has 2 heterocycles. The van der Waals surface area contributed by atoms with Gasteiger partial charge in [-0.2, -0.15) is 0 Å². The fourth-order valence-electron chi connectivity index (χ4n) is 4.55. The summed E-state index contributed by atoms with van der Waals surface area (Å²) in [6, 6.07) is 11.0. The predicted octanol–water partition coefficient (Wildman–Crippen LogP) is 2.55. The Labute approximate surface area is 175 Å². The monoisotopic (exact) mass is 400 g/mol. The molecular formula is C23H36N4O2. The number of carbonyl (C=O) groups excluding carboxylic acids is 2. The van der Waals surface area contributed by atoms with Crippen LogP contribution in [-0.2, 0) is 11.2 Å². The fraction of sp³-hybridized carbons (Fsp3) is 0.652. The number of rotatable bonds is 5. The van der Waals surface area contributed by atoms with E-state index in [-0.39, 0.29) is 17.9 Å². The molecule has 2 aliphatic heterocycles. The van der Waals surface area contributed by atoms with Gasteiger partial charge in [-0.15, -0.1) is 0 Å². The van der Waals surface area contributed by atoms with E-state index in [1.54, 1.807) is 19.0 Å². The van der Waals surface area contributed by atoms with Gasteiger partial charge in [0, 0.05) is 59.3 Å². The van der Waals surface area contributed by atoms with Gasteiger partial charge in [0.05, 0.1) is 0 Å². The van der Waals surface area contributed by atoms with Crippen LogP contribution in [0.4, 0.5) is 4.79 Å². The van der Waals surface area contributed by atoms with Gasteiger partial charge in [0.1, 0.15) is 0 Å². The van der Waals surface area contributed by atoms with Crippen molar-refractivity contribution in [3.63, 3.8) is 0 Å². The van der Waals surface area contributed by atoms with Crippen LogP contribution in [0.15, 0.2) is 30.3 Å². The maximum Gasteiger partial charge on any atom is 0.319 e. The first kappa shape index (κ1) is 21.6. The molecule has 3 rings (SSSR count). The summed E-state index contributed by atoms with van der Waals surface area (Å²) in [4.78, 5) is 33.2. The van der Waals surface area contributed by atoms with E-state index in [2.05, 4.69) is 35.2 Å². The Bertz CT molecular complexity index is 671. The molecule has 1 aromatic rings. The Hall–Kier alpha value is -2.08. The predicted molar refractivity (Wildman–Crippen MR) is 116 cm³/mol. The number of benzene rings is 1. The average Bonchev–Trinajstić information content (AvgIpc) is 2.77. The van der Waals surface area contributed by atoms with Crippen LogP contribution in [0.25, 0.3) is 0 Å². The molecule has 0 bridgehead atoms. The number of likely N-dealkylation sites (N-methyl/N-ethyl adjacent to an activating group) is 1. The summed E-state index contributed by atoms with van der Waals surface area (Å²) in [7, 11) is 5.53. The van der Waals surface area contributed by atoms with Crippen molar-refractivity contribution in [2.75, 3.05) is 53.9 Å². The first-order valence-corrected chi connectivity index (χ1v) is 10.9. The third kappa shape index (κ3) is 5.72. The molecule has 3 amide bonds. The molecule has 6 heteroatoms. The zero-order valence-electron chi connectivity index (χ0n) is 18.2. The number of carbonyl (C=O) groups is 2. The third-order valence-electron chi connectivity index (χ3n) is 6.43. The summed E-state index contributed by atoms with van der Waals surface area (Å²) in [5.41, 5.74) is 1.37. The molecule has 0 radical (unpaired) electrons. The summed E-state index contributed by atoms with van der Waals surface area (Å²) >= 11 is 0. The lowest BCUT2D eigenvalue weighted by Gasteiger charge is -2.40. The molecule has 2 saturated heterocycles. The highest BCUT2D eigenvalue weighted by Gasteiger charge is 2.33. The first-order valence-electron chi connectivity index (χ1n) is 10.9. The van der Waals surface area contributed by atoms with Crippen LogP contribution in [0.3, 0.4) is 0 Å². The van der Waals surface area contributed by atoms with Crippen molar-refractivity contribution in [2.24, 2.45) is 5.92 Å². The maximum atomic E-state index is 13.1. The lowest BCUT2D eigenvalue weighted by molar-refractivity contribution is -0.138. The second kappa shape index (κ2) is 10.1. The molecular weight excluding hydrogens is 364 g/mol. The molecule has 0 aromatic heterocycles. The molecule has 6 nitrogen and oxygen atoms in total. The van der Waals surface area contributed by atoms with E-state index in [9.17, 15) is 9.59 Å². The van der Waals surface area contributed by atoms with E-state index >= 15 is 0 Å². The van der Waals surface area contributed by atoms with Crippen LogP contribution in [0.2, 0.25) is 0 Å². The molecule has 0 aliphatic carbocycles. The van der Waals surface area contributed by atoms with Crippen LogP contribution < -0.4 is 0 Å². The highest BCUT2D eigenvalue weighted by Crippen LogP contribution is 2.23. The fourth-order valence-corrected chi connectivity index (χ4v) is 4.55. The van der Waals surface area contributed by atoms with Gasteiger partial charge >= 0.3 is 6.03 Å². The SMILES string of the molecule is CN(C)C(=O)N1CCC(C(=O)N(C)C2CCCN(CCc3ccccc3)C2)CC1. The molecule has 0 saturated carbocycles. The molecule has 2 aliphatic rings. The molecule has 1 unspecified atom stereocenters. The van der Waals surface area contributed by atoms with Gasteiger partial charge in [0.25, 0.3) is 0 Å². The summed E-state index contributed by atoms with van der Waals surface area (Å²) in [6.45, 7) is 4.49. The maximum absolute atomic E-state index is 13.1. The van der Waals surface area contributed by atoms with Gasteiger partial charge in [-0.05, 0) is 44.2 Å². The van der Waals surface area contributed by atoms with Crippen LogP contribution in [0.1, 0.15) is 31.2 Å². The zero-order chi connectivity index (χ0) is 20.8. The number of nitrogens with zero attached hydrogens (tertiary/aromatic N) is 4. The van der Waals surface area contributed by atoms with E-state index in [0.717, 1.165) is 51.7 Å². The van der Waals surface area contributed by atoms with E-state index in [0.29, 0.717) is 19.1 Å².